The lowest BCUT2D eigenvalue weighted by Gasteiger charge is -2.30. The van der Waals surface area contributed by atoms with E-state index in [0.717, 1.165) is 25.0 Å². The van der Waals surface area contributed by atoms with Crippen LogP contribution in [0.25, 0.3) is 0 Å². The molecular formula is C16H18ClF2NO4S. The standard InChI is InChI=1S/C16H18ClF2NO4S/c17-13-7-15(19)14(18)6-12(13)16(21)20(8-11-2-1-4-24-11)10-3-5-25(22,23)9-10/h6-7,10-11H,1-5,8-9H2/t10-,11+/m1/s1. The molecule has 1 aromatic carbocycles. The van der Waals surface area contributed by atoms with Gasteiger partial charge in [0.2, 0.25) is 0 Å². The van der Waals surface area contributed by atoms with Crippen LogP contribution in [0, 0.1) is 11.6 Å². The lowest BCUT2D eigenvalue weighted by molar-refractivity contribution is 0.0441. The lowest BCUT2D eigenvalue weighted by atomic mass is 10.1. The Hall–Kier alpha value is -1.25. The van der Waals surface area contributed by atoms with Gasteiger partial charge < -0.3 is 9.64 Å². The molecule has 0 unspecified atom stereocenters. The molecular weight excluding hydrogens is 376 g/mol. The van der Waals surface area contributed by atoms with E-state index in [9.17, 15) is 22.0 Å². The summed E-state index contributed by atoms with van der Waals surface area (Å²) >= 11 is 5.92. The van der Waals surface area contributed by atoms with E-state index in [1.807, 2.05) is 0 Å². The summed E-state index contributed by atoms with van der Waals surface area (Å²) in [4.78, 5) is 14.3. The summed E-state index contributed by atoms with van der Waals surface area (Å²) in [5.74, 6) is -3.08. The van der Waals surface area contributed by atoms with Crippen molar-refractivity contribution in [1.29, 1.82) is 0 Å². The molecule has 0 saturated carbocycles. The van der Waals surface area contributed by atoms with Crippen molar-refractivity contribution >= 4 is 27.3 Å². The van der Waals surface area contributed by atoms with Crippen LogP contribution in [0.5, 0.6) is 0 Å². The van der Waals surface area contributed by atoms with Gasteiger partial charge in [-0.2, -0.15) is 0 Å². The molecule has 2 fully saturated rings. The Morgan fingerprint density at radius 2 is 2.00 bits per heavy atom. The number of ether oxygens (including phenoxy) is 1. The molecule has 0 N–H and O–H groups in total. The quantitative estimate of drug-likeness (QED) is 0.737. The van der Waals surface area contributed by atoms with Crippen molar-refractivity contribution in [3.63, 3.8) is 0 Å². The number of carbonyl (C=O) groups is 1. The van der Waals surface area contributed by atoms with E-state index in [2.05, 4.69) is 0 Å². The van der Waals surface area contributed by atoms with Gasteiger partial charge in [-0.3, -0.25) is 4.79 Å². The van der Waals surface area contributed by atoms with Crippen LogP contribution in [0.1, 0.15) is 29.6 Å². The first kappa shape index (κ1) is 18.5. The maximum absolute atomic E-state index is 13.6. The molecule has 1 aromatic rings. The topological polar surface area (TPSA) is 63.7 Å². The lowest BCUT2D eigenvalue weighted by Crippen LogP contribution is -2.45. The molecule has 0 radical (unpaired) electrons. The zero-order valence-corrected chi connectivity index (χ0v) is 15.0. The van der Waals surface area contributed by atoms with Crippen LogP contribution in [-0.4, -0.2) is 56.0 Å². The molecule has 0 aromatic heterocycles. The minimum atomic E-state index is -3.22. The normalized spacial score (nSPS) is 25.2. The predicted molar refractivity (Wildman–Crippen MR) is 88.4 cm³/mol. The zero-order chi connectivity index (χ0) is 18.2. The molecule has 25 heavy (non-hydrogen) atoms. The van der Waals surface area contributed by atoms with Crippen LogP contribution in [0.2, 0.25) is 5.02 Å². The fourth-order valence-electron chi connectivity index (χ4n) is 3.27. The maximum Gasteiger partial charge on any atom is 0.255 e. The number of amides is 1. The molecule has 2 heterocycles. The van der Waals surface area contributed by atoms with Crippen molar-refractivity contribution in [3.05, 3.63) is 34.4 Å². The molecule has 9 heteroatoms. The van der Waals surface area contributed by atoms with Crippen LogP contribution in [-0.2, 0) is 14.6 Å². The van der Waals surface area contributed by atoms with E-state index >= 15 is 0 Å². The monoisotopic (exact) mass is 393 g/mol. The molecule has 2 atom stereocenters. The summed E-state index contributed by atoms with van der Waals surface area (Å²) in [6.45, 7) is 0.788. The summed E-state index contributed by atoms with van der Waals surface area (Å²) in [6.07, 6.45) is 1.73. The largest absolute Gasteiger partial charge is 0.376 e. The third-order valence-corrected chi connectivity index (χ3v) is 6.64. The number of halogens is 3. The van der Waals surface area contributed by atoms with Gasteiger partial charge in [-0.15, -0.1) is 0 Å². The molecule has 2 aliphatic heterocycles. The number of carbonyl (C=O) groups excluding carboxylic acids is 1. The van der Waals surface area contributed by atoms with Gasteiger partial charge in [0.25, 0.3) is 5.91 Å². The van der Waals surface area contributed by atoms with E-state index in [-0.39, 0.29) is 34.7 Å². The molecule has 0 bridgehead atoms. The maximum atomic E-state index is 13.6. The summed E-state index contributed by atoms with van der Waals surface area (Å²) in [5, 5.41) is -0.206. The molecule has 0 spiro atoms. The summed E-state index contributed by atoms with van der Waals surface area (Å²) in [5.41, 5.74) is -0.178. The van der Waals surface area contributed by atoms with Crippen molar-refractivity contribution in [1.82, 2.24) is 4.90 Å². The molecule has 2 aliphatic rings. The predicted octanol–water partition coefficient (Wildman–Crippen LogP) is 2.43. The molecule has 138 valence electrons. The minimum absolute atomic E-state index is 0.00151. The fourth-order valence-corrected chi connectivity index (χ4v) is 5.23. The average Bonchev–Trinajstić information content (AvgIpc) is 3.17. The van der Waals surface area contributed by atoms with Gasteiger partial charge in [-0.25, -0.2) is 17.2 Å². The van der Waals surface area contributed by atoms with Crippen LogP contribution < -0.4 is 0 Å². The van der Waals surface area contributed by atoms with Crippen LogP contribution in [0.4, 0.5) is 8.78 Å². The number of hydrogen-bond acceptors (Lipinski definition) is 4. The Morgan fingerprint density at radius 3 is 2.60 bits per heavy atom. The SMILES string of the molecule is O=C(c1cc(F)c(F)cc1Cl)N(C[C@@H]1CCCO1)[C@@H]1CCS(=O)(=O)C1. The van der Waals surface area contributed by atoms with E-state index in [1.165, 1.54) is 4.90 Å². The van der Waals surface area contributed by atoms with Crippen molar-refractivity contribution in [2.24, 2.45) is 0 Å². The first-order valence-electron chi connectivity index (χ1n) is 8.04. The summed E-state index contributed by atoms with van der Waals surface area (Å²) in [6, 6.07) is 0.983. The van der Waals surface area contributed by atoms with Crippen LogP contribution in [0.15, 0.2) is 12.1 Å². The highest BCUT2D eigenvalue weighted by molar-refractivity contribution is 7.91. The van der Waals surface area contributed by atoms with Gasteiger partial charge in [0.05, 0.1) is 28.2 Å². The van der Waals surface area contributed by atoms with E-state index in [0.29, 0.717) is 13.0 Å². The van der Waals surface area contributed by atoms with Crippen molar-refractivity contribution in [2.75, 3.05) is 24.7 Å². The third kappa shape index (κ3) is 4.12. The molecule has 1 amide bonds. The second-order valence-electron chi connectivity index (χ2n) is 6.40. The highest BCUT2D eigenvalue weighted by Crippen LogP contribution is 2.27. The molecule has 2 saturated heterocycles. The van der Waals surface area contributed by atoms with Gasteiger partial charge in [0.15, 0.2) is 21.5 Å². The van der Waals surface area contributed by atoms with Gasteiger partial charge in [0.1, 0.15) is 0 Å². The summed E-state index contributed by atoms with van der Waals surface area (Å²) < 4.78 is 56.0. The van der Waals surface area contributed by atoms with E-state index in [1.54, 1.807) is 0 Å². The first-order valence-corrected chi connectivity index (χ1v) is 10.2. The van der Waals surface area contributed by atoms with Gasteiger partial charge in [-0.1, -0.05) is 11.6 Å². The molecule has 0 aliphatic carbocycles. The van der Waals surface area contributed by atoms with Gasteiger partial charge in [0, 0.05) is 19.2 Å². The highest BCUT2D eigenvalue weighted by atomic mass is 35.5. The second-order valence-corrected chi connectivity index (χ2v) is 9.03. The number of nitrogens with zero attached hydrogens (tertiary/aromatic N) is 1. The second kappa shape index (κ2) is 7.17. The molecule has 3 rings (SSSR count). The number of benzene rings is 1. The smallest absolute Gasteiger partial charge is 0.255 e. The van der Waals surface area contributed by atoms with Crippen LogP contribution >= 0.6 is 11.6 Å². The van der Waals surface area contributed by atoms with Crippen molar-refractivity contribution in [3.8, 4) is 0 Å². The third-order valence-electron chi connectivity index (χ3n) is 4.57. The Kier molecular flexibility index (Phi) is 5.31. The fraction of sp³-hybridized carbons (Fsp3) is 0.562. The zero-order valence-electron chi connectivity index (χ0n) is 13.4. The number of sulfone groups is 1. The number of rotatable bonds is 4. The number of hydrogen-bond donors (Lipinski definition) is 0. The van der Waals surface area contributed by atoms with Gasteiger partial charge in [-0.05, 0) is 31.4 Å². The summed E-state index contributed by atoms with van der Waals surface area (Å²) in [7, 11) is -3.22. The Morgan fingerprint density at radius 1 is 1.28 bits per heavy atom. The Balaban J connectivity index is 1.90. The van der Waals surface area contributed by atoms with Crippen molar-refractivity contribution < 1.29 is 26.7 Å². The minimum Gasteiger partial charge on any atom is -0.376 e. The highest BCUT2D eigenvalue weighted by Gasteiger charge is 2.37. The molecule has 5 nitrogen and oxygen atoms in total. The van der Waals surface area contributed by atoms with Crippen LogP contribution in [0.3, 0.4) is 0 Å². The Labute approximate surface area is 149 Å². The van der Waals surface area contributed by atoms with Gasteiger partial charge >= 0.3 is 0 Å². The van der Waals surface area contributed by atoms with Crippen molar-refractivity contribution in [2.45, 2.75) is 31.4 Å². The van der Waals surface area contributed by atoms with E-state index in [4.69, 9.17) is 16.3 Å². The average molecular weight is 394 g/mol. The first-order chi connectivity index (χ1) is 11.8. The van der Waals surface area contributed by atoms with E-state index < -0.39 is 33.4 Å². The Bertz CT molecular complexity index is 781.